The van der Waals surface area contributed by atoms with Crippen molar-refractivity contribution in [3.63, 3.8) is 0 Å². The number of hydrogen-bond acceptors (Lipinski definition) is 4. The van der Waals surface area contributed by atoms with E-state index >= 15 is 0 Å². The summed E-state index contributed by atoms with van der Waals surface area (Å²) in [5.41, 5.74) is 2.56. The molecule has 3 aromatic carbocycles. The molecule has 1 N–H and O–H groups in total. The van der Waals surface area contributed by atoms with Gasteiger partial charge in [0.15, 0.2) is 11.9 Å². The molecule has 0 spiro atoms. The first-order valence-corrected chi connectivity index (χ1v) is 10.5. The predicted octanol–water partition coefficient (Wildman–Crippen LogP) is 4.63. The van der Waals surface area contributed by atoms with Crippen molar-refractivity contribution >= 4 is 40.6 Å². The van der Waals surface area contributed by atoms with Crippen molar-refractivity contribution in [1.29, 1.82) is 0 Å². The maximum Gasteiger partial charge on any atom is 0.268 e. The number of amides is 2. The lowest BCUT2D eigenvalue weighted by Gasteiger charge is -2.32. The molecule has 0 saturated heterocycles. The van der Waals surface area contributed by atoms with Crippen LogP contribution in [0.25, 0.3) is 0 Å². The molecule has 32 heavy (non-hydrogen) atoms. The molecule has 1 atom stereocenters. The second-order valence-corrected chi connectivity index (χ2v) is 8.03. The van der Waals surface area contributed by atoms with Crippen LogP contribution in [0.3, 0.4) is 0 Å². The Labute approximate surface area is 190 Å². The third-order valence-corrected chi connectivity index (χ3v) is 5.40. The topological polar surface area (TPSA) is 75.7 Å². The van der Waals surface area contributed by atoms with Gasteiger partial charge in [-0.25, -0.2) is 0 Å². The average molecular weight is 449 g/mol. The number of ether oxygens (including phenoxy) is 1. The zero-order valence-electron chi connectivity index (χ0n) is 17.6. The van der Waals surface area contributed by atoms with Crippen LogP contribution in [0.1, 0.15) is 28.4 Å². The molecule has 162 valence electrons. The third-order valence-electron chi connectivity index (χ3n) is 5.16. The number of benzene rings is 3. The molecule has 1 heterocycles. The summed E-state index contributed by atoms with van der Waals surface area (Å²) < 4.78 is 5.66. The highest BCUT2D eigenvalue weighted by atomic mass is 35.5. The summed E-state index contributed by atoms with van der Waals surface area (Å²) >= 11 is 6.11. The predicted molar refractivity (Wildman–Crippen MR) is 124 cm³/mol. The Morgan fingerprint density at radius 3 is 2.56 bits per heavy atom. The molecule has 0 saturated carbocycles. The smallest absolute Gasteiger partial charge is 0.268 e. The molecule has 0 aliphatic carbocycles. The second kappa shape index (κ2) is 8.85. The standard InChI is InChI=1S/C25H21ClN2O4/c1-15-8-11-22-21(12-15)28(25(31)16(2)32-22)14-23(29)27-20-10-9-18(26)13-19(20)24(30)17-6-4-3-5-7-17/h3-13,16H,14H2,1-2H3,(H,27,29). The number of anilines is 2. The van der Waals surface area contributed by atoms with Gasteiger partial charge in [0.25, 0.3) is 5.91 Å². The van der Waals surface area contributed by atoms with E-state index < -0.39 is 12.0 Å². The summed E-state index contributed by atoms with van der Waals surface area (Å²) in [5.74, 6) is -0.471. The summed E-state index contributed by atoms with van der Waals surface area (Å²) in [4.78, 5) is 40.1. The van der Waals surface area contributed by atoms with Crippen LogP contribution in [0.15, 0.2) is 66.7 Å². The first kappa shape index (κ1) is 21.6. The van der Waals surface area contributed by atoms with Crippen LogP contribution in [0.5, 0.6) is 5.75 Å². The number of nitrogens with one attached hydrogen (secondary N) is 1. The fraction of sp³-hybridized carbons (Fsp3) is 0.160. The highest BCUT2D eigenvalue weighted by Gasteiger charge is 2.33. The van der Waals surface area contributed by atoms with E-state index in [1.54, 1.807) is 55.5 Å². The average Bonchev–Trinajstić information content (AvgIpc) is 2.78. The molecule has 0 aromatic heterocycles. The molecule has 0 bridgehead atoms. The van der Waals surface area contributed by atoms with Crippen molar-refractivity contribution in [3.8, 4) is 5.75 Å². The Morgan fingerprint density at radius 2 is 1.81 bits per heavy atom. The monoisotopic (exact) mass is 448 g/mol. The Morgan fingerprint density at radius 1 is 1.06 bits per heavy atom. The Kier molecular flexibility index (Phi) is 5.97. The second-order valence-electron chi connectivity index (χ2n) is 7.59. The SMILES string of the molecule is Cc1ccc2c(c1)N(CC(=O)Nc1ccc(Cl)cc1C(=O)c1ccccc1)C(=O)C(C)O2. The maximum absolute atomic E-state index is 13.0. The lowest BCUT2D eigenvalue weighted by atomic mass is 10.0. The molecule has 1 unspecified atom stereocenters. The van der Waals surface area contributed by atoms with E-state index in [1.807, 2.05) is 19.1 Å². The summed E-state index contributed by atoms with van der Waals surface area (Å²) in [5, 5.41) is 3.14. The van der Waals surface area contributed by atoms with E-state index in [4.69, 9.17) is 16.3 Å². The van der Waals surface area contributed by atoms with E-state index in [1.165, 1.54) is 11.0 Å². The van der Waals surface area contributed by atoms with Crippen LogP contribution < -0.4 is 15.0 Å². The molecule has 4 rings (SSSR count). The highest BCUT2D eigenvalue weighted by Crippen LogP contribution is 2.34. The number of halogens is 1. The molecular weight excluding hydrogens is 428 g/mol. The third kappa shape index (κ3) is 4.36. The number of fused-ring (bicyclic) bond motifs is 1. The van der Waals surface area contributed by atoms with Gasteiger partial charge in [-0.3, -0.25) is 19.3 Å². The number of aryl methyl sites for hydroxylation is 1. The molecule has 7 heteroatoms. The van der Waals surface area contributed by atoms with Crippen LogP contribution >= 0.6 is 11.6 Å². The van der Waals surface area contributed by atoms with E-state index in [9.17, 15) is 14.4 Å². The van der Waals surface area contributed by atoms with Crippen molar-refractivity contribution in [3.05, 3.63) is 88.4 Å². The molecule has 6 nitrogen and oxygen atoms in total. The molecule has 0 fully saturated rings. The van der Waals surface area contributed by atoms with Gasteiger partial charge in [-0.05, 0) is 49.7 Å². The first-order valence-electron chi connectivity index (χ1n) is 10.1. The van der Waals surface area contributed by atoms with Gasteiger partial charge in [0, 0.05) is 16.1 Å². The van der Waals surface area contributed by atoms with Crippen molar-refractivity contribution < 1.29 is 19.1 Å². The zero-order chi connectivity index (χ0) is 22.8. The Bertz CT molecular complexity index is 1210. The van der Waals surface area contributed by atoms with E-state index in [-0.39, 0.29) is 23.8 Å². The van der Waals surface area contributed by atoms with Crippen molar-refractivity contribution in [1.82, 2.24) is 0 Å². The van der Waals surface area contributed by atoms with Crippen LogP contribution in [-0.4, -0.2) is 30.2 Å². The lowest BCUT2D eigenvalue weighted by Crippen LogP contribution is -2.47. The van der Waals surface area contributed by atoms with Crippen LogP contribution in [0.4, 0.5) is 11.4 Å². The van der Waals surface area contributed by atoms with E-state index in [2.05, 4.69) is 5.32 Å². The van der Waals surface area contributed by atoms with Crippen LogP contribution in [0.2, 0.25) is 5.02 Å². The highest BCUT2D eigenvalue weighted by molar-refractivity contribution is 6.31. The summed E-state index contributed by atoms with van der Waals surface area (Å²) in [7, 11) is 0. The minimum absolute atomic E-state index is 0.218. The summed E-state index contributed by atoms with van der Waals surface area (Å²) in [6, 6.07) is 18.9. The molecule has 2 amide bonds. The maximum atomic E-state index is 13.0. The van der Waals surface area contributed by atoms with Gasteiger partial charge in [0.2, 0.25) is 5.91 Å². The minimum atomic E-state index is -0.705. The van der Waals surface area contributed by atoms with E-state index in [0.717, 1.165) is 5.56 Å². The van der Waals surface area contributed by atoms with Gasteiger partial charge in [-0.15, -0.1) is 0 Å². The Hall–Kier alpha value is -3.64. The number of carbonyl (C=O) groups excluding carboxylic acids is 3. The van der Waals surface area contributed by atoms with Gasteiger partial charge in [-0.1, -0.05) is 48.0 Å². The molecule has 1 aliphatic rings. The largest absolute Gasteiger partial charge is 0.479 e. The fourth-order valence-electron chi connectivity index (χ4n) is 3.57. The lowest BCUT2D eigenvalue weighted by molar-refractivity contribution is -0.127. The normalized spacial score (nSPS) is 15.0. The number of nitrogens with zero attached hydrogens (tertiary/aromatic N) is 1. The van der Waals surface area contributed by atoms with Gasteiger partial charge < -0.3 is 10.1 Å². The van der Waals surface area contributed by atoms with Gasteiger partial charge in [0.1, 0.15) is 12.3 Å². The number of rotatable bonds is 5. The number of carbonyl (C=O) groups is 3. The minimum Gasteiger partial charge on any atom is -0.479 e. The van der Waals surface area contributed by atoms with Gasteiger partial charge >= 0.3 is 0 Å². The van der Waals surface area contributed by atoms with Crippen LogP contribution in [0, 0.1) is 6.92 Å². The quantitative estimate of drug-likeness (QED) is 0.577. The van der Waals surface area contributed by atoms with Gasteiger partial charge in [0.05, 0.1) is 11.4 Å². The first-order chi connectivity index (χ1) is 15.3. The van der Waals surface area contributed by atoms with Crippen LogP contribution in [-0.2, 0) is 9.59 Å². The zero-order valence-corrected chi connectivity index (χ0v) is 18.3. The van der Waals surface area contributed by atoms with Crippen molar-refractivity contribution in [2.45, 2.75) is 20.0 Å². The number of ketones is 1. The summed E-state index contributed by atoms with van der Waals surface area (Å²) in [6.45, 7) is 3.33. The Balaban J connectivity index is 1.60. The van der Waals surface area contributed by atoms with Crippen molar-refractivity contribution in [2.75, 3.05) is 16.8 Å². The molecular formula is C25H21ClN2O4. The summed E-state index contributed by atoms with van der Waals surface area (Å²) in [6.07, 6.45) is -0.705. The van der Waals surface area contributed by atoms with Crippen molar-refractivity contribution in [2.24, 2.45) is 0 Å². The van der Waals surface area contributed by atoms with Gasteiger partial charge in [-0.2, -0.15) is 0 Å². The van der Waals surface area contributed by atoms with E-state index in [0.29, 0.717) is 27.7 Å². The molecule has 3 aromatic rings. The molecule has 1 aliphatic heterocycles. The molecule has 0 radical (unpaired) electrons. The fourth-order valence-corrected chi connectivity index (χ4v) is 3.74. The number of hydrogen-bond donors (Lipinski definition) is 1.